The van der Waals surface area contributed by atoms with Gasteiger partial charge in [0.25, 0.3) is 10.0 Å². The molecule has 0 spiro atoms. The molecule has 0 bridgehead atoms. The van der Waals surface area contributed by atoms with Crippen LogP contribution in [-0.2, 0) is 10.0 Å². The zero-order valence-corrected chi connectivity index (χ0v) is 14.5. The van der Waals surface area contributed by atoms with Crippen molar-refractivity contribution >= 4 is 27.3 Å². The molecule has 23 heavy (non-hydrogen) atoms. The maximum absolute atomic E-state index is 13.1. The molecule has 1 aliphatic heterocycles. The highest BCUT2D eigenvalue weighted by Crippen LogP contribution is 2.27. The number of allylic oxidation sites excluding steroid dienone is 1. The molecule has 8 heteroatoms. The van der Waals surface area contributed by atoms with E-state index in [-0.39, 0.29) is 18.0 Å². The minimum absolute atomic E-state index is 0.0257. The molecule has 0 fully saturated rings. The molecule has 0 unspecified atom stereocenters. The number of benzene rings is 1. The van der Waals surface area contributed by atoms with Gasteiger partial charge in [-0.1, -0.05) is 17.7 Å². The molecule has 0 aliphatic carbocycles. The second kappa shape index (κ2) is 6.20. The number of aliphatic imine (C=N–C) groups is 1. The Kier molecular flexibility index (Phi) is 4.82. The zero-order valence-electron chi connectivity index (χ0n) is 13.0. The Balaban J connectivity index is 2.43. The molecule has 1 aromatic rings. The summed E-state index contributed by atoms with van der Waals surface area (Å²) in [6.07, 6.45) is 2.03. The van der Waals surface area contributed by atoms with E-state index in [1.807, 2.05) is 6.92 Å². The van der Waals surface area contributed by atoms with Crippen LogP contribution in [0, 0.1) is 20.8 Å². The SMILES string of the molecule is Cc1cc(C)c(S(=O)(=O)N2C=CC(C(F)(F)Cl)=NCC2)c(C)c1. The monoisotopic (exact) mass is 362 g/mol. The molecule has 0 saturated heterocycles. The maximum Gasteiger partial charge on any atom is 0.364 e. The molecule has 0 N–H and O–H groups in total. The summed E-state index contributed by atoms with van der Waals surface area (Å²) in [5, 5.41) is -3.62. The molecular weight excluding hydrogens is 346 g/mol. The number of alkyl halides is 3. The van der Waals surface area contributed by atoms with Crippen LogP contribution in [0.1, 0.15) is 16.7 Å². The van der Waals surface area contributed by atoms with Gasteiger partial charge in [0.15, 0.2) is 0 Å². The molecule has 0 amide bonds. The lowest BCUT2D eigenvalue weighted by Gasteiger charge is -2.21. The van der Waals surface area contributed by atoms with Gasteiger partial charge in [-0.2, -0.15) is 8.78 Å². The number of nitrogens with zero attached hydrogens (tertiary/aromatic N) is 2. The van der Waals surface area contributed by atoms with Gasteiger partial charge in [0.1, 0.15) is 5.71 Å². The lowest BCUT2D eigenvalue weighted by molar-refractivity contribution is 0.176. The summed E-state index contributed by atoms with van der Waals surface area (Å²) in [6, 6.07) is 3.55. The van der Waals surface area contributed by atoms with Crippen molar-refractivity contribution in [2.75, 3.05) is 13.1 Å². The van der Waals surface area contributed by atoms with Gasteiger partial charge in [0.2, 0.25) is 0 Å². The standard InChI is InChI=1S/C15H17ClF2N2O2S/c1-10-8-11(2)14(12(3)9-10)23(21,22)20-6-4-13(15(16,17)18)19-5-7-20/h4,6,8-9H,5,7H2,1-3H3. The van der Waals surface area contributed by atoms with Crippen molar-refractivity contribution in [3.63, 3.8) is 0 Å². The molecule has 1 aromatic carbocycles. The van der Waals surface area contributed by atoms with Gasteiger partial charge < -0.3 is 0 Å². The normalized spacial score (nSPS) is 16.3. The predicted molar refractivity (Wildman–Crippen MR) is 86.8 cm³/mol. The van der Waals surface area contributed by atoms with Crippen LogP contribution in [0.3, 0.4) is 0 Å². The minimum atomic E-state index is -3.85. The maximum atomic E-state index is 13.1. The number of aryl methyl sites for hydroxylation is 3. The summed E-state index contributed by atoms with van der Waals surface area (Å²) in [5.74, 6) is 0. The van der Waals surface area contributed by atoms with E-state index in [9.17, 15) is 17.2 Å². The molecule has 126 valence electrons. The van der Waals surface area contributed by atoms with E-state index >= 15 is 0 Å². The first-order valence-electron chi connectivity index (χ1n) is 6.93. The summed E-state index contributed by atoms with van der Waals surface area (Å²) in [4.78, 5) is 3.84. The highest BCUT2D eigenvalue weighted by atomic mass is 35.5. The van der Waals surface area contributed by atoms with E-state index < -0.39 is 21.1 Å². The van der Waals surface area contributed by atoms with Crippen LogP contribution < -0.4 is 0 Å². The predicted octanol–water partition coefficient (Wildman–Crippen LogP) is 3.40. The van der Waals surface area contributed by atoms with Crippen molar-refractivity contribution in [2.24, 2.45) is 4.99 Å². The average Bonchev–Trinajstić information content (AvgIpc) is 2.62. The average molecular weight is 363 g/mol. The number of rotatable bonds is 3. The topological polar surface area (TPSA) is 49.7 Å². The van der Waals surface area contributed by atoms with Crippen LogP contribution in [0.5, 0.6) is 0 Å². The highest BCUT2D eigenvalue weighted by molar-refractivity contribution is 7.89. The van der Waals surface area contributed by atoms with Gasteiger partial charge >= 0.3 is 5.38 Å². The third-order valence-electron chi connectivity index (χ3n) is 3.46. The van der Waals surface area contributed by atoms with Crippen molar-refractivity contribution in [1.82, 2.24) is 4.31 Å². The highest BCUT2D eigenvalue weighted by Gasteiger charge is 2.33. The van der Waals surface area contributed by atoms with Crippen LogP contribution in [-0.4, -0.2) is 36.9 Å². The van der Waals surface area contributed by atoms with Crippen LogP contribution in [0.2, 0.25) is 0 Å². The van der Waals surface area contributed by atoms with Crippen LogP contribution in [0.25, 0.3) is 0 Å². The van der Waals surface area contributed by atoms with E-state index in [4.69, 9.17) is 11.6 Å². The second-order valence-electron chi connectivity index (χ2n) is 5.42. The largest absolute Gasteiger partial charge is 0.364 e. The van der Waals surface area contributed by atoms with E-state index in [0.717, 1.165) is 22.1 Å². The van der Waals surface area contributed by atoms with Crippen molar-refractivity contribution in [2.45, 2.75) is 31.0 Å². The third kappa shape index (κ3) is 3.72. The minimum Gasteiger partial charge on any atom is -0.280 e. The number of sulfonamides is 1. The van der Waals surface area contributed by atoms with E-state index in [2.05, 4.69) is 4.99 Å². The first-order valence-corrected chi connectivity index (χ1v) is 8.75. The summed E-state index contributed by atoms with van der Waals surface area (Å²) >= 11 is 4.95. The first kappa shape index (κ1) is 17.9. The molecular formula is C15H17ClF2N2O2S. The fraction of sp³-hybridized carbons (Fsp3) is 0.400. The molecule has 4 nitrogen and oxygen atoms in total. The quantitative estimate of drug-likeness (QED) is 0.774. The van der Waals surface area contributed by atoms with Gasteiger partial charge in [-0.15, -0.1) is 0 Å². The molecule has 2 rings (SSSR count). The Hall–Kier alpha value is -1.47. The first-order chi connectivity index (χ1) is 10.5. The van der Waals surface area contributed by atoms with Gasteiger partial charge in [0.05, 0.1) is 18.0 Å². The van der Waals surface area contributed by atoms with Gasteiger partial charge in [-0.05, 0) is 49.6 Å². The van der Waals surface area contributed by atoms with Crippen molar-refractivity contribution in [3.05, 3.63) is 41.1 Å². The summed E-state index contributed by atoms with van der Waals surface area (Å²) in [7, 11) is -3.85. The summed E-state index contributed by atoms with van der Waals surface area (Å²) in [6.45, 7) is 5.19. The number of hydrogen-bond donors (Lipinski definition) is 0. The Morgan fingerprint density at radius 3 is 2.30 bits per heavy atom. The fourth-order valence-corrected chi connectivity index (χ4v) is 4.46. The van der Waals surface area contributed by atoms with Crippen LogP contribution in [0.4, 0.5) is 8.78 Å². The lowest BCUT2D eigenvalue weighted by atomic mass is 10.1. The molecule has 0 saturated carbocycles. The van der Waals surface area contributed by atoms with Crippen LogP contribution >= 0.6 is 11.6 Å². The molecule has 0 radical (unpaired) electrons. The molecule has 1 aliphatic rings. The Bertz CT molecular complexity index is 760. The Labute approximate surface area is 139 Å². The number of hydrogen-bond acceptors (Lipinski definition) is 3. The fourth-order valence-electron chi connectivity index (χ4n) is 2.63. The van der Waals surface area contributed by atoms with Crippen molar-refractivity contribution in [1.29, 1.82) is 0 Å². The smallest absolute Gasteiger partial charge is 0.280 e. The zero-order chi connectivity index (χ0) is 17.4. The van der Waals surface area contributed by atoms with E-state index in [1.165, 1.54) is 0 Å². The third-order valence-corrected chi connectivity index (χ3v) is 5.74. The van der Waals surface area contributed by atoms with Crippen LogP contribution in [0.15, 0.2) is 34.3 Å². The lowest BCUT2D eigenvalue weighted by Crippen LogP contribution is -2.29. The molecule has 1 heterocycles. The Morgan fingerprint density at radius 1 is 1.22 bits per heavy atom. The van der Waals surface area contributed by atoms with E-state index in [1.54, 1.807) is 26.0 Å². The van der Waals surface area contributed by atoms with Crippen molar-refractivity contribution in [3.8, 4) is 0 Å². The van der Waals surface area contributed by atoms with E-state index in [0.29, 0.717) is 11.1 Å². The Morgan fingerprint density at radius 2 is 1.78 bits per heavy atom. The van der Waals surface area contributed by atoms with Gasteiger partial charge in [-0.25, -0.2) is 8.42 Å². The summed E-state index contributed by atoms with van der Waals surface area (Å²) < 4.78 is 53.0. The second-order valence-corrected chi connectivity index (χ2v) is 7.73. The molecule has 0 aromatic heterocycles. The van der Waals surface area contributed by atoms with Gasteiger partial charge in [-0.3, -0.25) is 9.30 Å². The van der Waals surface area contributed by atoms with Gasteiger partial charge in [0, 0.05) is 6.20 Å². The number of halogens is 3. The summed E-state index contributed by atoms with van der Waals surface area (Å²) in [5.41, 5.74) is 1.54. The molecule has 0 atom stereocenters. The van der Waals surface area contributed by atoms with Crippen molar-refractivity contribution < 1.29 is 17.2 Å².